The molecule has 3 nitrogen and oxygen atoms in total. The Hall–Kier alpha value is -1.33. The molecule has 1 aromatic carbocycles. The Morgan fingerprint density at radius 1 is 1.35 bits per heavy atom. The summed E-state index contributed by atoms with van der Waals surface area (Å²) in [6, 6.07) is 9.87. The minimum atomic E-state index is -0.795. The number of rotatable bonds is 4. The lowest BCUT2D eigenvalue weighted by Gasteiger charge is -2.02. The van der Waals surface area contributed by atoms with Gasteiger partial charge >= 0.3 is 5.97 Å². The quantitative estimate of drug-likeness (QED) is 0.927. The van der Waals surface area contributed by atoms with Gasteiger partial charge in [0.25, 0.3) is 0 Å². The van der Waals surface area contributed by atoms with Gasteiger partial charge in [-0.1, -0.05) is 30.3 Å². The topological polar surface area (TPSA) is 50.2 Å². The van der Waals surface area contributed by atoms with Crippen molar-refractivity contribution in [2.24, 2.45) is 0 Å². The van der Waals surface area contributed by atoms with Crippen molar-refractivity contribution < 1.29 is 9.90 Å². The smallest absolute Gasteiger partial charge is 0.308 e. The number of aliphatic carboxylic acids is 1. The molecule has 1 fully saturated rings. The zero-order valence-electron chi connectivity index (χ0n) is 10.9. The standard InChI is InChI=1S/C15H15NO2S2/c17-13(18)9-12-14(10-5-2-1-3-6-10)16-15(20-12)11-7-4-8-19-11/h1-3,5-6,11H,4,7-9H2,(H,17,18). The van der Waals surface area contributed by atoms with Gasteiger partial charge < -0.3 is 5.11 Å². The third-order valence-electron chi connectivity index (χ3n) is 3.28. The van der Waals surface area contributed by atoms with Crippen molar-refractivity contribution in [3.8, 4) is 11.3 Å². The highest BCUT2D eigenvalue weighted by Crippen LogP contribution is 2.43. The lowest BCUT2D eigenvalue weighted by Crippen LogP contribution is -1.99. The molecule has 0 amide bonds. The molecule has 1 aliphatic heterocycles. The third-order valence-corrected chi connectivity index (χ3v) is 5.98. The number of benzene rings is 1. The van der Waals surface area contributed by atoms with Gasteiger partial charge in [-0.15, -0.1) is 11.3 Å². The van der Waals surface area contributed by atoms with Gasteiger partial charge in [-0.25, -0.2) is 4.98 Å². The maximum absolute atomic E-state index is 11.1. The third kappa shape index (κ3) is 2.88. The average Bonchev–Trinajstić information content (AvgIpc) is 3.08. The molecule has 5 heteroatoms. The molecule has 1 aliphatic rings. The highest BCUT2D eigenvalue weighted by atomic mass is 32.2. The molecule has 1 aromatic heterocycles. The second-order valence-corrected chi connectivity index (χ2v) is 7.19. The van der Waals surface area contributed by atoms with Crippen LogP contribution in [-0.4, -0.2) is 21.8 Å². The molecule has 0 radical (unpaired) electrons. The van der Waals surface area contributed by atoms with Gasteiger partial charge in [-0.05, 0) is 18.6 Å². The molecule has 2 aromatic rings. The first kappa shape index (κ1) is 13.6. The minimum Gasteiger partial charge on any atom is -0.481 e. The monoisotopic (exact) mass is 305 g/mol. The molecular formula is C15H15NO2S2. The highest BCUT2D eigenvalue weighted by molar-refractivity contribution is 7.99. The number of hydrogen-bond donors (Lipinski definition) is 1. The molecule has 104 valence electrons. The van der Waals surface area contributed by atoms with Gasteiger partial charge in [0.1, 0.15) is 5.01 Å². The number of aromatic nitrogens is 1. The van der Waals surface area contributed by atoms with Crippen molar-refractivity contribution in [2.45, 2.75) is 24.5 Å². The molecule has 3 rings (SSSR count). The van der Waals surface area contributed by atoms with Crippen LogP contribution in [-0.2, 0) is 11.2 Å². The minimum absolute atomic E-state index is 0.0548. The molecule has 2 heterocycles. The van der Waals surface area contributed by atoms with Gasteiger partial charge in [0.05, 0.1) is 17.4 Å². The second kappa shape index (κ2) is 5.97. The van der Waals surface area contributed by atoms with Gasteiger partial charge in [-0.2, -0.15) is 11.8 Å². The second-order valence-electron chi connectivity index (χ2n) is 4.76. The Morgan fingerprint density at radius 3 is 2.80 bits per heavy atom. The molecular weight excluding hydrogens is 290 g/mol. The summed E-state index contributed by atoms with van der Waals surface area (Å²) in [5.74, 6) is 0.385. The number of carbonyl (C=O) groups is 1. The average molecular weight is 305 g/mol. The van der Waals surface area contributed by atoms with Crippen molar-refractivity contribution in [1.82, 2.24) is 4.98 Å². The highest BCUT2D eigenvalue weighted by Gasteiger charge is 2.24. The van der Waals surface area contributed by atoms with Gasteiger partial charge in [0, 0.05) is 10.4 Å². The van der Waals surface area contributed by atoms with Crippen LogP contribution in [0, 0.1) is 0 Å². The van der Waals surface area contributed by atoms with Crippen LogP contribution in [0.15, 0.2) is 30.3 Å². The molecule has 20 heavy (non-hydrogen) atoms. The largest absolute Gasteiger partial charge is 0.481 e. The van der Waals surface area contributed by atoms with E-state index < -0.39 is 5.97 Å². The zero-order valence-corrected chi connectivity index (χ0v) is 12.5. The van der Waals surface area contributed by atoms with Crippen LogP contribution in [0.25, 0.3) is 11.3 Å². The Morgan fingerprint density at radius 2 is 2.15 bits per heavy atom. The fraction of sp³-hybridized carbons (Fsp3) is 0.333. The van der Waals surface area contributed by atoms with E-state index in [1.54, 1.807) is 11.3 Å². The van der Waals surface area contributed by atoms with Gasteiger partial charge in [0.2, 0.25) is 0 Å². The van der Waals surface area contributed by atoms with E-state index >= 15 is 0 Å². The maximum Gasteiger partial charge on any atom is 0.308 e. The summed E-state index contributed by atoms with van der Waals surface area (Å²) in [7, 11) is 0. The van der Waals surface area contributed by atoms with Gasteiger partial charge in [0.15, 0.2) is 0 Å². The molecule has 1 atom stereocenters. The van der Waals surface area contributed by atoms with Crippen molar-refractivity contribution in [2.75, 3.05) is 5.75 Å². The fourth-order valence-electron chi connectivity index (χ4n) is 2.36. The Bertz CT molecular complexity index is 604. The van der Waals surface area contributed by atoms with E-state index in [1.165, 1.54) is 12.2 Å². The first-order valence-corrected chi connectivity index (χ1v) is 8.49. The SMILES string of the molecule is O=C(O)Cc1sc(C2CCCS2)nc1-c1ccccc1. The normalized spacial score (nSPS) is 18.3. The van der Waals surface area contributed by atoms with Crippen LogP contribution in [0.4, 0.5) is 0 Å². The van der Waals surface area contributed by atoms with Crippen LogP contribution in [0.3, 0.4) is 0 Å². The molecule has 0 spiro atoms. The molecule has 1 saturated heterocycles. The maximum atomic E-state index is 11.1. The number of nitrogens with zero attached hydrogens (tertiary/aromatic N) is 1. The van der Waals surface area contributed by atoms with E-state index in [0.717, 1.165) is 27.6 Å². The van der Waals surface area contributed by atoms with Crippen LogP contribution in [0.5, 0.6) is 0 Å². The number of carboxylic acids is 1. The first-order valence-electron chi connectivity index (χ1n) is 6.62. The van der Waals surface area contributed by atoms with Crippen LogP contribution in [0.1, 0.15) is 28.0 Å². The van der Waals surface area contributed by atoms with Crippen LogP contribution < -0.4 is 0 Å². The van der Waals surface area contributed by atoms with E-state index in [-0.39, 0.29) is 6.42 Å². The van der Waals surface area contributed by atoms with Gasteiger partial charge in [-0.3, -0.25) is 4.79 Å². The van der Waals surface area contributed by atoms with Crippen molar-refractivity contribution in [3.05, 3.63) is 40.2 Å². The van der Waals surface area contributed by atoms with Crippen LogP contribution in [0.2, 0.25) is 0 Å². The predicted molar refractivity (Wildman–Crippen MR) is 83.3 cm³/mol. The Labute approximate surface area is 126 Å². The summed E-state index contributed by atoms with van der Waals surface area (Å²) < 4.78 is 0. The number of thiazole rings is 1. The zero-order chi connectivity index (χ0) is 13.9. The summed E-state index contributed by atoms with van der Waals surface area (Å²) in [5.41, 5.74) is 1.86. The van der Waals surface area contributed by atoms with Crippen molar-refractivity contribution in [3.63, 3.8) is 0 Å². The van der Waals surface area contributed by atoms with E-state index in [0.29, 0.717) is 5.25 Å². The number of thioether (sulfide) groups is 1. The summed E-state index contributed by atoms with van der Waals surface area (Å²) in [5, 5.41) is 10.6. The molecule has 1 unspecified atom stereocenters. The number of carboxylic acid groups (broad SMARTS) is 1. The van der Waals surface area contributed by atoms with Crippen molar-refractivity contribution >= 4 is 29.1 Å². The van der Waals surface area contributed by atoms with E-state index in [9.17, 15) is 4.79 Å². The van der Waals surface area contributed by atoms with E-state index in [1.807, 2.05) is 42.1 Å². The molecule has 0 saturated carbocycles. The lowest BCUT2D eigenvalue weighted by atomic mass is 10.1. The van der Waals surface area contributed by atoms with E-state index in [2.05, 4.69) is 0 Å². The summed E-state index contributed by atoms with van der Waals surface area (Å²) in [6.45, 7) is 0. The Kier molecular flexibility index (Phi) is 4.08. The molecule has 0 bridgehead atoms. The van der Waals surface area contributed by atoms with E-state index in [4.69, 9.17) is 10.1 Å². The fourth-order valence-corrected chi connectivity index (χ4v) is 4.95. The summed E-state index contributed by atoms with van der Waals surface area (Å²) in [6.07, 6.45) is 2.43. The predicted octanol–water partition coefficient (Wildman–Crippen LogP) is 4.01. The number of hydrogen-bond acceptors (Lipinski definition) is 4. The lowest BCUT2D eigenvalue weighted by molar-refractivity contribution is -0.136. The molecule has 1 N–H and O–H groups in total. The Balaban J connectivity index is 1.99. The summed E-state index contributed by atoms with van der Waals surface area (Å²) >= 11 is 3.50. The molecule has 0 aliphatic carbocycles. The first-order chi connectivity index (χ1) is 9.74. The van der Waals surface area contributed by atoms with Crippen LogP contribution >= 0.6 is 23.1 Å². The van der Waals surface area contributed by atoms with Crippen molar-refractivity contribution in [1.29, 1.82) is 0 Å². The summed E-state index contributed by atoms with van der Waals surface area (Å²) in [4.78, 5) is 16.7.